The van der Waals surface area contributed by atoms with Crippen LogP contribution in [0.3, 0.4) is 0 Å². The molecule has 5 nitrogen and oxygen atoms in total. The second kappa shape index (κ2) is 5.65. The van der Waals surface area contributed by atoms with Gasteiger partial charge in [-0.05, 0) is 19.0 Å². The Bertz CT molecular complexity index is 327. The van der Waals surface area contributed by atoms with Crippen LogP contribution in [-0.2, 0) is 9.59 Å². The summed E-state index contributed by atoms with van der Waals surface area (Å²) in [4.78, 5) is 24.3. The number of likely N-dealkylation sites (N-methyl/N-ethyl adjacent to an activating group) is 1. The highest BCUT2D eigenvalue weighted by Crippen LogP contribution is 2.27. The van der Waals surface area contributed by atoms with Crippen molar-refractivity contribution in [3.8, 4) is 0 Å². The average molecular weight is 260 g/mol. The molecule has 1 rings (SSSR count). The molecular weight excluding hydrogens is 239 g/mol. The Morgan fingerprint density at radius 1 is 1.33 bits per heavy atom. The summed E-state index contributed by atoms with van der Waals surface area (Å²) in [7, 11) is 1.37. The smallest absolute Gasteiger partial charge is 0.326 e. The van der Waals surface area contributed by atoms with E-state index in [1.54, 1.807) is 13.8 Å². The number of nitrogens with one attached hydrogen (secondary N) is 1. The lowest BCUT2D eigenvalue weighted by Gasteiger charge is -2.36. The number of hydrogen-bond donors (Lipinski definition) is 2. The molecule has 1 aliphatic heterocycles. The van der Waals surface area contributed by atoms with E-state index in [0.29, 0.717) is 13.1 Å². The fraction of sp³-hybridized carbons (Fsp3) is 0.833. The summed E-state index contributed by atoms with van der Waals surface area (Å²) in [5, 5.41) is 12.1. The van der Waals surface area contributed by atoms with Crippen LogP contribution in [-0.4, -0.2) is 53.7 Å². The molecule has 0 saturated carbocycles. The van der Waals surface area contributed by atoms with Gasteiger partial charge >= 0.3 is 5.97 Å². The Hall–Kier alpha value is -1.17. The van der Waals surface area contributed by atoms with Crippen LogP contribution in [0.4, 0.5) is 4.39 Å². The van der Waals surface area contributed by atoms with Crippen molar-refractivity contribution in [2.75, 3.05) is 20.1 Å². The van der Waals surface area contributed by atoms with Gasteiger partial charge in [0.25, 0.3) is 5.91 Å². The van der Waals surface area contributed by atoms with Gasteiger partial charge < -0.3 is 15.3 Å². The third-order valence-corrected chi connectivity index (χ3v) is 3.40. The molecule has 0 aromatic heterocycles. The van der Waals surface area contributed by atoms with Crippen molar-refractivity contribution in [2.24, 2.45) is 5.92 Å². The van der Waals surface area contributed by atoms with Crippen molar-refractivity contribution < 1.29 is 19.1 Å². The molecule has 18 heavy (non-hydrogen) atoms. The van der Waals surface area contributed by atoms with Crippen LogP contribution in [0.15, 0.2) is 0 Å². The summed E-state index contributed by atoms with van der Waals surface area (Å²) in [5.74, 6) is -2.08. The predicted octanol–water partition coefficient (Wildman–Crippen LogP) is 0.646. The predicted molar refractivity (Wildman–Crippen MR) is 65.0 cm³/mol. The van der Waals surface area contributed by atoms with Gasteiger partial charge in [0.05, 0.1) is 0 Å². The van der Waals surface area contributed by atoms with Crippen molar-refractivity contribution in [1.29, 1.82) is 0 Å². The van der Waals surface area contributed by atoms with Crippen molar-refractivity contribution in [3.05, 3.63) is 0 Å². The van der Waals surface area contributed by atoms with Crippen LogP contribution in [0.25, 0.3) is 0 Å². The highest BCUT2D eigenvalue weighted by atomic mass is 19.1. The molecule has 0 spiro atoms. The molecule has 0 aromatic carbocycles. The average Bonchev–Trinajstić information content (AvgIpc) is 2.27. The molecule has 1 fully saturated rings. The van der Waals surface area contributed by atoms with E-state index in [2.05, 4.69) is 5.32 Å². The molecule has 6 heteroatoms. The highest BCUT2D eigenvalue weighted by Gasteiger charge is 2.44. The first kappa shape index (κ1) is 14.9. The zero-order chi connectivity index (χ0) is 13.9. The number of alkyl halides is 1. The van der Waals surface area contributed by atoms with Crippen LogP contribution in [0.1, 0.15) is 26.7 Å². The number of carboxylic acids is 1. The van der Waals surface area contributed by atoms with Gasteiger partial charge in [0.2, 0.25) is 0 Å². The Morgan fingerprint density at radius 3 is 2.22 bits per heavy atom. The summed E-state index contributed by atoms with van der Waals surface area (Å²) in [6, 6.07) is -0.986. The van der Waals surface area contributed by atoms with E-state index < -0.39 is 23.6 Å². The maximum absolute atomic E-state index is 14.5. The van der Waals surface area contributed by atoms with Crippen molar-refractivity contribution >= 4 is 11.9 Å². The Morgan fingerprint density at radius 2 is 1.83 bits per heavy atom. The fourth-order valence-electron chi connectivity index (χ4n) is 2.38. The number of nitrogens with zero attached hydrogens (tertiary/aromatic N) is 1. The van der Waals surface area contributed by atoms with Gasteiger partial charge in [-0.1, -0.05) is 13.8 Å². The lowest BCUT2D eigenvalue weighted by atomic mass is 9.91. The molecule has 1 heterocycles. The molecule has 0 aromatic rings. The third-order valence-electron chi connectivity index (χ3n) is 3.40. The first-order valence-electron chi connectivity index (χ1n) is 6.19. The van der Waals surface area contributed by atoms with Crippen molar-refractivity contribution in [2.45, 2.75) is 38.4 Å². The topological polar surface area (TPSA) is 69.6 Å². The summed E-state index contributed by atoms with van der Waals surface area (Å²) in [6.45, 7) is 4.29. The van der Waals surface area contributed by atoms with E-state index in [0.717, 1.165) is 4.90 Å². The molecular formula is C12H21FN2O3. The lowest BCUT2D eigenvalue weighted by Crippen LogP contribution is -2.55. The fourth-order valence-corrected chi connectivity index (χ4v) is 2.38. The molecule has 104 valence electrons. The Kier molecular flexibility index (Phi) is 4.67. The summed E-state index contributed by atoms with van der Waals surface area (Å²) >= 11 is 0. The molecule has 0 bridgehead atoms. The van der Waals surface area contributed by atoms with E-state index in [1.165, 1.54) is 7.05 Å². The SMILES string of the molecule is CC(C)C(C(=O)O)N(C)C(=O)C1(F)CCNCC1. The zero-order valence-electron chi connectivity index (χ0n) is 11.1. The van der Waals surface area contributed by atoms with Gasteiger partial charge in [0.1, 0.15) is 6.04 Å². The number of carboxylic acid groups (broad SMARTS) is 1. The second-order valence-electron chi connectivity index (χ2n) is 5.16. The van der Waals surface area contributed by atoms with E-state index in [-0.39, 0.29) is 18.8 Å². The molecule has 1 amide bonds. The van der Waals surface area contributed by atoms with Crippen LogP contribution in [0.5, 0.6) is 0 Å². The number of rotatable bonds is 4. The van der Waals surface area contributed by atoms with Crippen LogP contribution in [0, 0.1) is 5.92 Å². The standard InChI is InChI=1S/C12H21FN2O3/c1-8(2)9(10(16)17)15(3)11(18)12(13)4-6-14-7-5-12/h8-9,14H,4-7H2,1-3H3,(H,16,17). The van der Waals surface area contributed by atoms with Crippen molar-refractivity contribution in [3.63, 3.8) is 0 Å². The van der Waals surface area contributed by atoms with E-state index in [4.69, 9.17) is 5.11 Å². The second-order valence-corrected chi connectivity index (χ2v) is 5.16. The third kappa shape index (κ3) is 2.98. The van der Waals surface area contributed by atoms with Gasteiger partial charge in [0, 0.05) is 19.9 Å². The van der Waals surface area contributed by atoms with Crippen LogP contribution < -0.4 is 5.32 Å². The normalized spacial score (nSPS) is 20.5. The van der Waals surface area contributed by atoms with Crippen molar-refractivity contribution in [1.82, 2.24) is 10.2 Å². The Balaban J connectivity index is 2.84. The summed E-state index contributed by atoms with van der Waals surface area (Å²) in [6.07, 6.45) is 0.196. The molecule has 1 atom stereocenters. The molecule has 1 saturated heterocycles. The van der Waals surface area contributed by atoms with E-state index in [9.17, 15) is 14.0 Å². The lowest BCUT2D eigenvalue weighted by molar-refractivity contribution is -0.157. The minimum atomic E-state index is -1.93. The van der Waals surface area contributed by atoms with Gasteiger partial charge in [-0.2, -0.15) is 0 Å². The van der Waals surface area contributed by atoms with E-state index >= 15 is 0 Å². The number of carbonyl (C=O) groups is 2. The van der Waals surface area contributed by atoms with Gasteiger partial charge in [-0.25, -0.2) is 9.18 Å². The number of amides is 1. The zero-order valence-corrected chi connectivity index (χ0v) is 11.1. The van der Waals surface area contributed by atoms with Crippen LogP contribution in [0.2, 0.25) is 0 Å². The molecule has 2 N–H and O–H groups in total. The van der Waals surface area contributed by atoms with Gasteiger partial charge in [0.15, 0.2) is 5.67 Å². The van der Waals surface area contributed by atoms with E-state index in [1.807, 2.05) is 0 Å². The Labute approximate surface area is 106 Å². The minimum Gasteiger partial charge on any atom is -0.480 e. The number of aliphatic carboxylic acids is 1. The molecule has 1 unspecified atom stereocenters. The number of piperidine rings is 1. The first-order valence-corrected chi connectivity index (χ1v) is 6.19. The quantitative estimate of drug-likeness (QED) is 0.778. The number of halogens is 1. The minimum absolute atomic E-state index is 0.0978. The maximum Gasteiger partial charge on any atom is 0.326 e. The van der Waals surface area contributed by atoms with Gasteiger partial charge in [-0.3, -0.25) is 4.79 Å². The molecule has 0 aliphatic carbocycles. The highest BCUT2D eigenvalue weighted by molar-refractivity contribution is 5.89. The van der Waals surface area contributed by atoms with Gasteiger partial charge in [-0.15, -0.1) is 0 Å². The number of carbonyl (C=O) groups excluding carboxylic acids is 1. The monoisotopic (exact) mass is 260 g/mol. The molecule has 1 aliphatic rings. The summed E-state index contributed by atoms with van der Waals surface area (Å²) in [5.41, 5.74) is -1.93. The summed E-state index contributed by atoms with van der Waals surface area (Å²) < 4.78 is 14.5. The molecule has 0 radical (unpaired) electrons. The number of hydrogen-bond acceptors (Lipinski definition) is 3. The largest absolute Gasteiger partial charge is 0.480 e. The van der Waals surface area contributed by atoms with Crippen LogP contribution >= 0.6 is 0 Å². The first-order chi connectivity index (χ1) is 8.29. The maximum atomic E-state index is 14.5.